The van der Waals surface area contributed by atoms with E-state index in [1.807, 2.05) is 4.98 Å². The van der Waals surface area contributed by atoms with Crippen molar-refractivity contribution < 1.29 is 14.0 Å². The Morgan fingerprint density at radius 1 is 1.00 bits per heavy atom. The lowest BCUT2D eigenvalue weighted by Crippen LogP contribution is -2.48. The van der Waals surface area contributed by atoms with Crippen LogP contribution in [0, 0.1) is 18.2 Å². The van der Waals surface area contributed by atoms with E-state index in [1.165, 1.54) is 0 Å². The van der Waals surface area contributed by atoms with Gasteiger partial charge in [0.15, 0.2) is 0 Å². The first kappa shape index (κ1) is 20.6. The highest BCUT2D eigenvalue weighted by atomic mass is 35.5. The number of benzene rings is 1. The molecule has 0 saturated carbocycles. The van der Waals surface area contributed by atoms with Crippen LogP contribution < -0.4 is 22.0 Å². The Morgan fingerprint density at radius 3 is 2.19 bits per heavy atom. The third-order valence-corrected chi connectivity index (χ3v) is 5.52. The van der Waals surface area contributed by atoms with Gasteiger partial charge < -0.3 is 0 Å². The van der Waals surface area contributed by atoms with E-state index < -0.39 is 46.9 Å². The van der Waals surface area contributed by atoms with E-state index in [1.54, 1.807) is 0 Å². The Labute approximate surface area is 178 Å². The summed E-state index contributed by atoms with van der Waals surface area (Å²) in [5.41, 5.74) is -3.37. The van der Waals surface area contributed by atoms with Crippen LogP contribution in [0.2, 0.25) is 5.02 Å². The van der Waals surface area contributed by atoms with Crippen molar-refractivity contribution in [3.8, 4) is 18.0 Å². The van der Waals surface area contributed by atoms with Gasteiger partial charge in [0.2, 0.25) is 0 Å². The van der Waals surface area contributed by atoms with Gasteiger partial charge in [-0.15, -0.1) is 6.42 Å². The molecular formula is C20H14ClFN4O5. The number of nitrogens with one attached hydrogen (secondary N) is 1. The molecule has 2 amide bonds. The first-order chi connectivity index (χ1) is 14.8. The van der Waals surface area contributed by atoms with Crippen LogP contribution in [0.3, 0.4) is 0 Å². The Balaban J connectivity index is 1.92. The maximum absolute atomic E-state index is 14.8. The normalized spacial score (nSPS) is 16.0. The van der Waals surface area contributed by atoms with Crippen LogP contribution in [0.15, 0.2) is 37.7 Å². The smallest absolute Gasteiger partial charge is 0.269 e. The molecule has 9 nitrogen and oxygen atoms in total. The number of nitrogens with zero attached hydrogens (tertiary/aromatic N) is 3. The molecule has 0 radical (unpaired) electrons. The fourth-order valence-electron chi connectivity index (χ4n) is 3.78. The monoisotopic (exact) mass is 444 g/mol. The molecule has 0 bridgehead atoms. The topological polar surface area (TPSA) is 114 Å². The van der Waals surface area contributed by atoms with Gasteiger partial charge in [0.1, 0.15) is 5.82 Å². The summed E-state index contributed by atoms with van der Waals surface area (Å²) >= 11 is 6.07. The van der Waals surface area contributed by atoms with E-state index in [0.717, 1.165) is 25.0 Å². The van der Waals surface area contributed by atoms with Crippen LogP contribution in [0.25, 0.3) is 5.69 Å². The fraction of sp³-hybridized carbons (Fsp3) is 0.250. The molecule has 158 valence electrons. The molecule has 1 N–H and O–H groups in total. The lowest BCUT2D eigenvalue weighted by atomic mass is 9.93. The number of halogens is 2. The van der Waals surface area contributed by atoms with Crippen LogP contribution in [0.1, 0.15) is 25.7 Å². The molecule has 1 aliphatic carbocycles. The molecule has 4 rings (SSSR count). The summed E-state index contributed by atoms with van der Waals surface area (Å²) in [6, 6.07) is 1.74. The van der Waals surface area contributed by atoms with Crippen molar-refractivity contribution >= 4 is 29.1 Å². The van der Waals surface area contributed by atoms with E-state index in [9.17, 15) is 28.4 Å². The molecule has 2 heterocycles. The van der Waals surface area contributed by atoms with Crippen molar-refractivity contribution in [1.29, 1.82) is 0 Å². The van der Waals surface area contributed by atoms with Gasteiger partial charge in [-0.05, 0) is 37.8 Å². The molecule has 0 unspecified atom stereocenters. The summed E-state index contributed by atoms with van der Waals surface area (Å²) in [7, 11) is 0. The Bertz CT molecular complexity index is 1380. The number of imide groups is 1. The van der Waals surface area contributed by atoms with Crippen molar-refractivity contribution in [3.63, 3.8) is 0 Å². The fourth-order valence-corrected chi connectivity index (χ4v) is 4.01. The lowest BCUT2D eigenvalue weighted by molar-refractivity contribution is -0.120. The summed E-state index contributed by atoms with van der Waals surface area (Å²) in [6.07, 6.45) is 7.46. The van der Waals surface area contributed by atoms with Crippen molar-refractivity contribution in [3.05, 3.63) is 65.6 Å². The zero-order valence-electron chi connectivity index (χ0n) is 15.9. The molecule has 2 aromatic rings. The van der Waals surface area contributed by atoms with Crippen LogP contribution in [0.4, 0.5) is 10.1 Å². The maximum atomic E-state index is 14.8. The molecular weight excluding hydrogens is 431 g/mol. The predicted octanol–water partition coefficient (Wildman–Crippen LogP) is 0.857. The van der Waals surface area contributed by atoms with E-state index >= 15 is 0 Å². The highest BCUT2D eigenvalue weighted by Gasteiger charge is 2.41. The molecule has 0 atom stereocenters. The molecule has 0 fully saturated rings. The highest BCUT2D eigenvalue weighted by molar-refractivity contribution is 6.34. The second-order valence-electron chi connectivity index (χ2n) is 7.01. The van der Waals surface area contributed by atoms with Gasteiger partial charge in [-0.25, -0.2) is 32.8 Å². The van der Waals surface area contributed by atoms with E-state index in [0.29, 0.717) is 38.0 Å². The average Bonchev–Trinajstić information content (AvgIpc) is 2.97. The predicted molar refractivity (Wildman–Crippen MR) is 109 cm³/mol. The largest absolute Gasteiger partial charge is 0.341 e. The second kappa shape index (κ2) is 7.52. The number of carbonyl (C=O) groups is 2. The standard InChI is InChI=1S/C20H14ClFN4O5/c1-2-7-24-18(29)23-19(30)26(20(24)31)14-9-15(13(22)8-12(14)21)25-16(27)10-5-3-4-6-11(10)17(25)28/h1,8-9H,3-7H2,(H,23,29,30). The maximum Gasteiger partial charge on any atom is 0.341 e. The number of terminal acetylenes is 1. The van der Waals surface area contributed by atoms with E-state index in [-0.39, 0.29) is 10.7 Å². The second-order valence-corrected chi connectivity index (χ2v) is 7.42. The van der Waals surface area contributed by atoms with Gasteiger partial charge in [0.05, 0.1) is 22.9 Å². The Hall–Kier alpha value is -3.71. The third-order valence-electron chi connectivity index (χ3n) is 5.22. The number of rotatable bonds is 3. The van der Waals surface area contributed by atoms with Crippen molar-refractivity contribution in [1.82, 2.24) is 14.1 Å². The molecule has 31 heavy (non-hydrogen) atoms. The Kier molecular flexibility index (Phi) is 4.99. The van der Waals surface area contributed by atoms with E-state index in [2.05, 4.69) is 5.92 Å². The number of H-pyrrole nitrogens is 1. The van der Waals surface area contributed by atoms with Crippen molar-refractivity contribution in [2.75, 3.05) is 4.90 Å². The number of hydrogen-bond donors (Lipinski definition) is 1. The summed E-state index contributed by atoms with van der Waals surface area (Å²) < 4.78 is 15.8. The van der Waals surface area contributed by atoms with Crippen molar-refractivity contribution in [2.24, 2.45) is 0 Å². The van der Waals surface area contributed by atoms with Gasteiger partial charge in [0, 0.05) is 11.1 Å². The summed E-state index contributed by atoms with van der Waals surface area (Å²) in [5, 5.41) is -0.350. The minimum atomic E-state index is -1.14. The van der Waals surface area contributed by atoms with Gasteiger partial charge in [-0.3, -0.25) is 14.6 Å². The number of amides is 2. The summed E-state index contributed by atoms with van der Waals surface area (Å²) in [5.74, 6) is -0.169. The Morgan fingerprint density at radius 2 is 1.61 bits per heavy atom. The van der Waals surface area contributed by atoms with Crippen LogP contribution >= 0.6 is 11.6 Å². The number of aromatic amines is 1. The highest BCUT2D eigenvalue weighted by Crippen LogP contribution is 2.38. The van der Waals surface area contributed by atoms with Crippen molar-refractivity contribution in [2.45, 2.75) is 32.2 Å². The summed E-state index contributed by atoms with van der Waals surface area (Å²) in [4.78, 5) is 65.2. The third kappa shape index (κ3) is 3.14. The molecule has 0 spiro atoms. The molecule has 0 saturated heterocycles. The quantitative estimate of drug-likeness (QED) is 0.557. The zero-order chi connectivity index (χ0) is 22.4. The van der Waals surface area contributed by atoms with Gasteiger partial charge in [-0.2, -0.15) is 0 Å². The number of anilines is 1. The molecule has 2 aliphatic rings. The lowest BCUT2D eigenvalue weighted by Gasteiger charge is -2.18. The minimum Gasteiger partial charge on any atom is -0.269 e. The number of aromatic nitrogens is 3. The molecule has 1 aromatic carbocycles. The van der Waals surface area contributed by atoms with Crippen LogP contribution in [-0.4, -0.2) is 25.9 Å². The van der Waals surface area contributed by atoms with Crippen LogP contribution in [-0.2, 0) is 16.1 Å². The van der Waals surface area contributed by atoms with Gasteiger partial charge in [-0.1, -0.05) is 17.5 Å². The minimum absolute atomic E-state index is 0.319. The average molecular weight is 445 g/mol. The van der Waals surface area contributed by atoms with Crippen LogP contribution in [0.5, 0.6) is 0 Å². The molecule has 1 aromatic heterocycles. The first-order valence-electron chi connectivity index (χ1n) is 9.26. The first-order valence-corrected chi connectivity index (χ1v) is 9.64. The number of carbonyl (C=O) groups excluding carboxylic acids is 2. The van der Waals surface area contributed by atoms with E-state index in [4.69, 9.17) is 18.0 Å². The van der Waals surface area contributed by atoms with Gasteiger partial charge in [0.25, 0.3) is 11.8 Å². The molecule has 1 aliphatic heterocycles. The molecule has 11 heteroatoms. The number of hydrogen-bond acceptors (Lipinski definition) is 5. The van der Waals surface area contributed by atoms with Gasteiger partial charge >= 0.3 is 17.1 Å². The zero-order valence-corrected chi connectivity index (χ0v) is 16.7. The summed E-state index contributed by atoms with van der Waals surface area (Å²) in [6.45, 7) is -0.431. The SMILES string of the molecule is C#CCn1c(=O)[nH]c(=O)n(-c2cc(N3C(=O)C4=C(CCCC4)C3=O)c(F)cc2Cl)c1=O.